The summed E-state index contributed by atoms with van der Waals surface area (Å²) in [5.41, 5.74) is 0. The van der Waals surface area contributed by atoms with Gasteiger partial charge in [-0.05, 0) is 12.8 Å². The predicted octanol–water partition coefficient (Wildman–Crippen LogP) is -0.277. The Morgan fingerprint density at radius 3 is 2.59 bits per heavy atom. The Hall–Kier alpha value is -1.59. The van der Waals surface area contributed by atoms with Crippen molar-refractivity contribution in [3.63, 3.8) is 0 Å². The Balaban J connectivity index is 2.65. The Kier molecular flexibility index (Phi) is 4.93. The van der Waals surface area contributed by atoms with Crippen LogP contribution in [0, 0.1) is 0 Å². The second-order valence-electron chi connectivity index (χ2n) is 4.12. The van der Waals surface area contributed by atoms with E-state index in [2.05, 4.69) is 15.4 Å². The topological polar surface area (TPSA) is 84.5 Å². The van der Waals surface area contributed by atoms with E-state index < -0.39 is 18.1 Å². The van der Waals surface area contributed by atoms with Crippen molar-refractivity contribution >= 4 is 17.8 Å². The molecule has 6 heteroatoms. The van der Waals surface area contributed by atoms with Crippen LogP contribution in [0.3, 0.4) is 0 Å². The van der Waals surface area contributed by atoms with Crippen LogP contribution < -0.4 is 10.6 Å². The highest BCUT2D eigenvalue weighted by Crippen LogP contribution is 2.12. The molecule has 0 saturated carbocycles. The summed E-state index contributed by atoms with van der Waals surface area (Å²) in [5.74, 6) is -1.02. The van der Waals surface area contributed by atoms with Crippen LogP contribution in [0.5, 0.6) is 0 Å². The summed E-state index contributed by atoms with van der Waals surface area (Å²) in [6.07, 6.45) is 2.78. The third-order valence-corrected chi connectivity index (χ3v) is 2.73. The van der Waals surface area contributed by atoms with E-state index in [0.29, 0.717) is 12.8 Å². The lowest BCUT2D eigenvalue weighted by Crippen LogP contribution is -2.52. The van der Waals surface area contributed by atoms with E-state index in [0.717, 1.165) is 12.8 Å². The van der Waals surface area contributed by atoms with E-state index in [1.54, 1.807) is 0 Å². The molecule has 17 heavy (non-hydrogen) atoms. The number of ether oxygens (including phenoxy) is 1. The molecule has 1 aliphatic heterocycles. The summed E-state index contributed by atoms with van der Waals surface area (Å²) in [5, 5.41) is 5.17. The van der Waals surface area contributed by atoms with Crippen LogP contribution in [0.15, 0.2) is 0 Å². The Morgan fingerprint density at radius 2 is 2.00 bits per heavy atom. The standard InChI is InChI=1S/C11H18N2O4/c1-7(14)12-8-5-3-4-6-9(11(16)17-2)13-10(8)15/h8-9H,3-6H2,1-2H3,(H,12,14)(H,13,15)/t8-,9+/m0/s1. The average molecular weight is 242 g/mol. The lowest BCUT2D eigenvalue weighted by molar-refractivity contribution is -0.145. The van der Waals surface area contributed by atoms with E-state index >= 15 is 0 Å². The number of rotatable bonds is 2. The van der Waals surface area contributed by atoms with Crippen LogP contribution in [-0.4, -0.2) is 37.0 Å². The highest BCUT2D eigenvalue weighted by atomic mass is 16.5. The molecule has 96 valence electrons. The molecule has 0 aliphatic carbocycles. The van der Waals surface area contributed by atoms with Crippen LogP contribution >= 0.6 is 0 Å². The van der Waals surface area contributed by atoms with E-state index in [1.807, 2.05) is 0 Å². The zero-order chi connectivity index (χ0) is 12.8. The van der Waals surface area contributed by atoms with Gasteiger partial charge in [0.25, 0.3) is 0 Å². The highest BCUT2D eigenvalue weighted by molar-refractivity contribution is 5.90. The van der Waals surface area contributed by atoms with Gasteiger partial charge in [0.15, 0.2) is 0 Å². The third kappa shape index (κ3) is 4.05. The molecular formula is C11H18N2O4. The van der Waals surface area contributed by atoms with Crippen molar-refractivity contribution in [1.82, 2.24) is 10.6 Å². The summed E-state index contributed by atoms with van der Waals surface area (Å²) in [4.78, 5) is 34.1. The summed E-state index contributed by atoms with van der Waals surface area (Å²) < 4.78 is 4.61. The Bertz CT molecular complexity index is 317. The van der Waals surface area contributed by atoms with Crippen LogP contribution in [0.2, 0.25) is 0 Å². The molecule has 2 amide bonds. The van der Waals surface area contributed by atoms with Crippen LogP contribution in [0.25, 0.3) is 0 Å². The molecule has 2 N–H and O–H groups in total. The monoisotopic (exact) mass is 242 g/mol. The van der Waals surface area contributed by atoms with Gasteiger partial charge in [-0.25, -0.2) is 4.79 Å². The summed E-state index contributed by atoms with van der Waals surface area (Å²) >= 11 is 0. The second-order valence-corrected chi connectivity index (χ2v) is 4.12. The molecular weight excluding hydrogens is 224 g/mol. The summed E-state index contributed by atoms with van der Waals surface area (Å²) in [6.45, 7) is 1.36. The first kappa shape index (κ1) is 13.5. The van der Waals surface area contributed by atoms with E-state index in [-0.39, 0.29) is 11.8 Å². The number of amides is 2. The fourth-order valence-electron chi connectivity index (χ4n) is 1.87. The maximum Gasteiger partial charge on any atom is 0.328 e. The molecule has 6 nitrogen and oxygen atoms in total. The number of nitrogens with one attached hydrogen (secondary N) is 2. The van der Waals surface area contributed by atoms with Gasteiger partial charge in [-0.3, -0.25) is 9.59 Å². The maximum absolute atomic E-state index is 11.8. The van der Waals surface area contributed by atoms with Gasteiger partial charge in [0.05, 0.1) is 7.11 Å². The number of hydrogen-bond acceptors (Lipinski definition) is 4. The molecule has 1 heterocycles. The first-order valence-electron chi connectivity index (χ1n) is 5.70. The number of carbonyl (C=O) groups excluding carboxylic acids is 3. The van der Waals surface area contributed by atoms with Crippen molar-refractivity contribution in [1.29, 1.82) is 0 Å². The van der Waals surface area contributed by atoms with Gasteiger partial charge in [0, 0.05) is 6.92 Å². The molecule has 0 bridgehead atoms. The van der Waals surface area contributed by atoms with Crippen molar-refractivity contribution < 1.29 is 19.1 Å². The van der Waals surface area contributed by atoms with Crippen molar-refractivity contribution in [2.75, 3.05) is 7.11 Å². The smallest absolute Gasteiger partial charge is 0.328 e. The van der Waals surface area contributed by atoms with E-state index in [1.165, 1.54) is 14.0 Å². The van der Waals surface area contributed by atoms with Crippen molar-refractivity contribution in [2.24, 2.45) is 0 Å². The highest BCUT2D eigenvalue weighted by Gasteiger charge is 2.28. The minimum absolute atomic E-state index is 0.250. The first-order chi connectivity index (χ1) is 8.04. The molecule has 1 fully saturated rings. The number of esters is 1. The maximum atomic E-state index is 11.8. The van der Waals surface area contributed by atoms with Crippen molar-refractivity contribution in [3.8, 4) is 0 Å². The Labute approximate surface area is 100 Å². The fourth-order valence-corrected chi connectivity index (χ4v) is 1.87. The molecule has 0 unspecified atom stereocenters. The quantitative estimate of drug-likeness (QED) is 0.652. The molecule has 1 rings (SSSR count). The zero-order valence-corrected chi connectivity index (χ0v) is 10.1. The normalized spacial score (nSPS) is 25.2. The Morgan fingerprint density at radius 1 is 1.35 bits per heavy atom. The molecule has 0 aromatic heterocycles. The average Bonchev–Trinajstić information content (AvgIpc) is 2.27. The molecule has 0 spiro atoms. The zero-order valence-electron chi connectivity index (χ0n) is 10.1. The molecule has 0 aromatic carbocycles. The molecule has 0 aromatic rings. The predicted molar refractivity (Wildman–Crippen MR) is 60.0 cm³/mol. The van der Waals surface area contributed by atoms with Crippen molar-refractivity contribution in [3.05, 3.63) is 0 Å². The fraction of sp³-hybridized carbons (Fsp3) is 0.727. The van der Waals surface area contributed by atoms with Gasteiger partial charge in [-0.2, -0.15) is 0 Å². The number of methoxy groups -OCH3 is 1. The first-order valence-corrected chi connectivity index (χ1v) is 5.70. The van der Waals surface area contributed by atoms with Crippen LogP contribution in [-0.2, 0) is 19.1 Å². The second kappa shape index (κ2) is 6.22. The summed E-state index contributed by atoms with van der Waals surface area (Å²) in [6, 6.07) is -1.16. The van der Waals surface area contributed by atoms with Gasteiger partial charge in [0.1, 0.15) is 12.1 Å². The third-order valence-electron chi connectivity index (χ3n) is 2.73. The molecule has 2 atom stereocenters. The SMILES string of the molecule is COC(=O)[C@H]1CCCC[C@H](NC(C)=O)C(=O)N1. The van der Waals surface area contributed by atoms with Gasteiger partial charge >= 0.3 is 5.97 Å². The largest absolute Gasteiger partial charge is 0.467 e. The molecule has 0 radical (unpaired) electrons. The minimum atomic E-state index is -0.607. The number of carbonyl (C=O) groups is 3. The lowest BCUT2D eigenvalue weighted by atomic mass is 10.0. The van der Waals surface area contributed by atoms with E-state index in [9.17, 15) is 14.4 Å². The van der Waals surface area contributed by atoms with Gasteiger partial charge in [-0.1, -0.05) is 12.8 Å². The number of hydrogen-bond donors (Lipinski definition) is 2. The molecule has 1 aliphatic rings. The van der Waals surface area contributed by atoms with Crippen molar-refractivity contribution in [2.45, 2.75) is 44.7 Å². The minimum Gasteiger partial charge on any atom is -0.467 e. The lowest BCUT2D eigenvalue weighted by Gasteiger charge is -2.24. The summed E-state index contributed by atoms with van der Waals surface area (Å²) in [7, 11) is 1.29. The van der Waals surface area contributed by atoms with Gasteiger partial charge in [-0.15, -0.1) is 0 Å². The van der Waals surface area contributed by atoms with Gasteiger partial charge in [0.2, 0.25) is 11.8 Å². The van der Waals surface area contributed by atoms with Crippen LogP contribution in [0.1, 0.15) is 32.6 Å². The van der Waals surface area contributed by atoms with E-state index in [4.69, 9.17) is 0 Å². The van der Waals surface area contributed by atoms with Crippen LogP contribution in [0.4, 0.5) is 0 Å². The van der Waals surface area contributed by atoms with Gasteiger partial charge < -0.3 is 15.4 Å². The molecule has 1 saturated heterocycles.